The smallest absolute Gasteiger partial charge is 0.146 e. The first-order chi connectivity index (χ1) is 14.0. The number of morpholine rings is 1. The van der Waals surface area contributed by atoms with Crippen molar-refractivity contribution >= 4 is 22.8 Å². The van der Waals surface area contributed by atoms with Gasteiger partial charge in [-0.3, -0.25) is 5.41 Å². The standard InChI is InChI=1S/C23H32N4O2/c1-5-27(17(3)4)19-9-7-18(8-10-19)25-21-16-23(29-6-2)20(24)15-22(21)26-11-13-28-14-12-26/h7-10,15-17,24H,5-6,11-14H2,1-4H3. The molecule has 29 heavy (non-hydrogen) atoms. The molecule has 2 aliphatic rings. The zero-order valence-electron chi connectivity index (χ0n) is 17.9. The molecule has 0 saturated carbocycles. The highest BCUT2D eigenvalue weighted by Gasteiger charge is 2.23. The summed E-state index contributed by atoms with van der Waals surface area (Å²) < 4.78 is 11.1. The lowest BCUT2D eigenvalue weighted by molar-refractivity contribution is 0.0565. The van der Waals surface area contributed by atoms with Crippen molar-refractivity contribution in [1.82, 2.24) is 4.90 Å². The number of allylic oxidation sites excluding steroid dienone is 2. The van der Waals surface area contributed by atoms with Crippen molar-refractivity contribution in [3.05, 3.63) is 47.9 Å². The Labute approximate surface area is 174 Å². The Morgan fingerprint density at radius 3 is 2.41 bits per heavy atom. The molecule has 156 valence electrons. The summed E-state index contributed by atoms with van der Waals surface area (Å²) in [5, 5.41) is 8.32. The maximum Gasteiger partial charge on any atom is 0.146 e. The van der Waals surface area contributed by atoms with Crippen LogP contribution in [0.25, 0.3) is 0 Å². The molecule has 0 bridgehead atoms. The number of anilines is 1. The Morgan fingerprint density at radius 2 is 1.83 bits per heavy atom. The number of hydrogen-bond acceptors (Lipinski definition) is 6. The van der Waals surface area contributed by atoms with E-state index in [2.05, 4.69) is 54.8 Å². The summed E-state index contributed by atoms with van der Waals surface area (Å²) in [7, 11) is 0. The molecule has 0 aromatic heterocycles. The van der Waals surface area contributed by atoms with Crippen LogP contribution in [0.5, 0.6) is 0 Å². The van der Waals surface area contributed by atoms with Gasteiger partial charge in [0.05, 0.1) is 42.6 Å². The Balaban J connectivity index is 1.91. The molecule has 6 nitrogen and oxygen atoms in total. The Kier molecular flexibility index (Phi) is 7.09. The van der Waals surface area contributed by atoms with E-state index >= 15 is 0 Å². The summed E-state index contributed by atoms with van der Waals surface area (Å²) in [6.45, 7) is 13.0. The van der Waals surface area contributed by atoms with Gasteiger partial charge in [-0.2, -0.15) is 0 Å². The van der Waals surface area contributed by atoms with E-state index in [1.807, 2.05) is 19.1 Å². The number of aliphatic imine (C=N–C) groups is 1. The number of benzene rings is 1. The van der Waals surface area contributed by atoms with Gasteiger partial charge in [0.25, 0.3) is 0 Å². The lowest BCUT2D eigenvalue weighted by Crippen LogP contribution is -2.39. The quantitative estimate of drug-likeness (QED) is 0.703. The molecule has 0 spiro atoms. The first-order valence-electron chi connectivity index (χ1n) is 10.5. The molecule has 1 aliphatic heterocycles. The third kappa shape index (κ3) is 5.07. The van der Waals surface area contributed by atoms with Gasteiger partial charge in [0.1, 0.15) is 5.76 Å². The van der Waals surface area contributed by atoms with E-state index in [1.165, 1.54) is 5.69 Å². The molecule has 0 radical (unpaired) electrons. The molecule has 0 unspecified atom stereocenters. The van der Waals surface area contributed by atoms with Crippen molar-refractivity contribution in [2.75, 3.05) is 44.4 Å². The SMILES string of the molecule is CCOC1=CC(=Nc2ccc(N(CC)C(C)C)cc2)C(N2CCOCC2)=CC1=N. The van der Waals surface area contributed by atoms with E-state index in [4.69, 9.17) is 19.9 Å². The van der Waals surface area contributed by atoms with Crippen LogP contribution in [-0.4, -0.2) is 61.8 Å². The van der Waals surface area contributed by atoms with Crippen molar-refractivity contribution in [2.45, 2.75) is 33.7 Å². The molecule has 1 aromatic rings. The Hall–Kier alpha value is -2.60. The lowest BCUT2D eigenvalue weighted by Gasteiger charge is -2.32. The summed E-state index contributed by atoms with van der Waals surface area (Å²) in [5.74, 6) is 0.567. The van der Waals surface area contributed by atoms with E-state index in [0.29, 0.717) is 37.3 Å². The second kappa shape index (κ2) is 9.74. The molecule has 1 N–H and O–H groups in total. The minimum Gasteiger partial charge on any atom is -0.492 e. The molecule has 6 heteroatoms. The van der Waals surface area contributed by atoms with Crippen molar-refractivity contribution in [2.24, 2.45) is 4.99 Å². The van der Waals surface area contributed by atoms with Gasteiger partial charge in [0.15, 0.2) is 0 Å². The van der Waals surface area contributed by atoms with Gasteiger partial charge in [0, 0.05) is 37.4 Å². The molecular formula is C23H32N4O2. The van der Waals surface area contributed by atoms with Crippen LogP contribution in [0.3, 0.4) is 0 Å². The fraction of sp³-hybridized carbons (Fsp3) is 0.478. The first-order valence-corrected chi connectivity index (χ1v) is 10.5. The van der Waals surface area contributed by atoms with Crippen LogP contribution in [0.2, 0.25) is 0 Å². The van der Waals surface area contributed by atoms with Gasteiger partial charge in [-0.15, -0.1) is 0 Å². The zero-order valence-corrected chi connectivity index (χ0v) is 17.9. The second-order valence-electron chi connectivity index (χ2n) is 7.38. The maximum atomic E-state index is 8.32. The van der Waals surface area contributed by atoms with Gasteiger partial charge in [-0.25, -0.2) is 4.99 Å². The fourth-order valence-corrected chi connectivity index (χ4v) is 3.68. The van der Waals surface area contributed by atoms with E-state index in [9.17, 15) is 0 Å². The number of hydrogen-bond donors (Lipinski definition) is 1. The number of ether oxygens (including phenoxy) is 2. The van der Waals surface area contributed by atoms with Crippen LogP contribution in [0.1, 0.15) is 27.7 Å². The van der Waals surface area contributed by atoms with Crippen LogP contribution in [0, 0.1) is 5.41 Å². The van der Waals surface area contributed by atoms with Crippen molar-refractivity contribution in [3.63, 3.8) is 0 Å². The maximum absolute atomic E-state index is 8.32. The van der Waals surface area contributed by atoms with Crippen LogP contribution in [-0.2, 0) is 9.47 Å². The van der Waals surface area contributed by atoms with Crippen molar-refractivity contribution in [3.8, 4) is 0 Å². The van der Waals surface area contributed by atoms with Crippen LogP contribution < -0.4 is 4.90 Å². The van der Waals surface area contributed by atoms with Gasteiger partial charge < -0.3 is 19.3 Å². The van der Waals surface area contributed by atoms with Gasteiger partial charge in [-0.1, -0.05) is 0 Å². The normalized spacial score (nSPS) is 18.7. The van der Waals surface area contributed by atoms with Crippen LogP contribution >= 0.6 is 0 Å². The molecule has 1 fully saturated rings. The number of nitrogens with one attached hydrogen (secondary N) is 1. The third-order valence-corrected chi connectivity index (χ3v) is 5.12. The van der Waals surface area contributed by atoms with E-state index < -0.39 is 0 Å². The Bertz CT molecular complexity index is 803. The average molecular weight is 397 g/mol. The lowest BCUT2D eigenvalue weighted by atomic mass is 10.0. The minimum atomic E-state index is 0.387. The molecule has 0 atom stereocenters. The molecule has 1 aromatic carbocycles. The zero-order chi connectivity index (χ0) is 20.8. The predicted molar refractivity (Wildman–Crippen MR) is 120 cm³/mol. The minimum absolute atomic E-state index is 0.387. The van der Waals surface area contributed by atoms with E-state index in [-0.39, 0.29) is 0 Å². The van der Waals surface area contributed by atoms with Crippen molar-refractivity contribution < 1.29 is 9.47 Å². The molecular weight excluding hydrogens is 364 g/mol. The highest BCUT2D eigenvalue weighted by molar-refractivity contribution is 6.22. The number of rotatable bonds is 7. The summed E-state index contributed by atoms with van der Waals surface area (Å²) in [4.78, 5) is 9.50. The highest BCUT2D eigenvalue weighted by atomic mass is 16.5. The monoisotopic (exact) mass is 396 g/mol. The largest absolute Gasteiger partial charge is 0.492 e. The highest BCUT2D eigenvalue weighted by Crippen LogP contribution is 2.25. The van der Waals surface area contributed by atoms with E-state index in [1.54, 1.807) is 0 Å². The summed E-state index contributed by atoms with van der Waals surface area (Å²) >= 11 is 0. The summed E-state index contributed by atoms with van der Waals surface area (Å²) in [5.41, 5.74) is 4.27. The first kappa shape index (κ1) is 21.1. The fourth-order valence-electron chi connectivity index (χ4n) is 3.68. The van der Waals surface area contributed by atoms with Gasteiger partial charge in [-0.05, 0) is 58.0 Å². The average Bonchev–Trinajstić information content (AvgIpc) is 2.72. The number of nitrogens with zero attached hydrogens (tertiary/aromatic N) is 3. The second-order valence-corrected chi connectivity index (χ2v) is 7.38. The summed E-state index contributed by atoms with van der Waals surface area (Å²) in [6, 6.07) is 8.81. The summed E-state index contributed by atoms with van der Waals surface area (Å²) in [6.07, 6.45) is 3.75. The van der Waals surface area contributed by atoms with Crippen LogP contribution in [0.4, 0.5) is 11.4 Å². The molecule has 1 aliphatic carbocycles. The Morgan fingerprint density at radius 1 is 1.14 bits per heavy atom. The predicted octanol–water partition coefficient (Wildman–Crippen LogP) is 4.16. The van der Waals surface area contributed by atoms with Crippen LogP contribution in [0.15, 0.2) is 52.9 Å². The molecule has 1 heterocycles. The van der Waals surface area contributed by atoms with Crippen molar-refractivity contribution in [1.29, 1.82) is 5.41 Å². The van der Waals surface area contributed by atoms with Gasteiger partial charge in [0.2, 0.25) is 0 Å². The molecule has 0 amide bonds. The molecule has 3 rings (SSSR count). The van der Waals surface area contributed by atoms with Gasteiger partial charge >= 0.3 is 0 Å². The van der Waals surface area contributed by atoms with E-state index in [0.717, 1.165) is 36.7 Å². The topological polar surface area (TPSA) is 61.1 Å². The third-order valence-electron chi connectivity index (χ3n) is 5.12. The molecule has 1 saturated heterocycles.